The van der Waals surface area contributed by atoms with Crippen LogP contribution in [0.1, 0.15) is 5.69 Å². The molecule has 1 N–H and O–H groups in total. The average molecular weight is 387 g/mol. The van der Waals surface area contributed by atoms with Crippen molar-refractivity contribution in [3.05, 3.63) is 48.7 Å². The lowest BCUT2D eigenvalue weighted by Crippen LogP contribution is -2.24. The summed E-state index contributed by atoms with van der Waals surface area (Å²) < 4.78 is 37.8. The fourth-order valence-electron chi connectivity index (χ4n) is 2.52. The topological polar surface area (TPSA) is 116 Å². The quantitative estimate of drug-likeness (QED) is 0.550. The monoisotopic (exact) mass is 387 g/mol. The van der Waals surface area contributed by atoms with Crippen molar-refractivity contribution < 1.29 is 8.42 Å². The molecular formula is C15H13N7O2S2. The molecule has 0 saturated heterocycles. The standard InChI is InChI=1S/C15H13N7O2S2/c1-22-9-10(7-18-22)14-12(16-5-6-17-14)8-19-26(23,24)13-4-2-3-11-15(13)21-25-20-11/h2-7,9,19H,8H2,1H3. The Morgan fingerprint density at radius 1 is 1.19 bits per heavy atom. The third-order valence-electron chi connectivity index (χ3n) is 3.72. The molecule has 0 aliphatic carbocycles. The van der Waals surface area contributed by atoms with Crippen LogP contribution in [-0.2, 0) is 23.6 Å². The lowest BCUT2D eigenvalue weighted by atomic mass is 10.2. The third kappa shape index (κ3) is 3.07. The minimum absolute atomic E-state index is 0.00560. The van der Waals surface area contributed by atoms with E-state index in [1.165, 1.54) is 12.3 Å². The average Bonchev–Trinajstić information content (AvgIpc) is 3.28. The Balaban J connectivity index is 1.64. The highest BCUT2D eigenvalue weighted by atomic mass is 32.2. The van der Waals surface area contributed by atoms with Gasteiger partial charge in [0.25, 0.3) is 0 Å². The summed E-state index contributed by atoms with van der Waals surface area (Å²) in [5, 5.41) is 4.12. The second kappa shape index (κ2) is 6.52. The van der Waals surface area contributed by atoms with Crippen molar-refractivity contribution in [3.8, 4) is 11.3 Å². The van der Waals surface area contributed by atoms with Gasteiger partial charge in [-0.1, -0.05) is 6.07 Å². The molecule has 0 bridgehead atoms. The highest BCUT2D eigenvalue weighted by Gasteiger charge is 2.20. The zero-order valence-corrected chi connectivity index (χ0v) is 15.2. The van der Waals surface area contributed by atoms with Gasteiger partial charge in [0, 0.05) is 31.2 Å². The van der Waals surface area contributed by atoms with Gasteiger partial charge in [-0.15, -0.1) is 0 Å². The van der Waals surface area contributed by atoms with Gasteiger partial charge in [0.05, 0.1) is 35.9 Å². The molecule has 0 amide bonds. The molecule has 0 saturated carbocycles. The van der Waals surface area contributed by atoms with E-state index in [-0.39, 0.29) is 11.4 Å². The fraction of sp³-hybridized carbons (Fsp3) is 0.133. The maximum Gasteiger partial charge on any atom is 0.243 e. The van der Waals surface area contributed by atoms with Gasteiger partial charge < -0.3 is 0 Å². The summed E-state index contributed by atoms with van der Waals surface area (Å²) in [6, 6.07) is 4.87. The van der Waals surface area contributed by atoms with E-state index in [2.05, 4.69) is 28.5 Å². The number of hydrogen-bond donors (Lipinski definition) is 1. The van der Waals surface area contributed by atoms with E-state index in [0.29, 0.717) is 22.4 Å². The van der Waals surface area contributed by atoms with Crippen LogP contribution < -0.4 is 4.72 Å². The molecule has 0 unspecified atom stereocenters. The zero-order valence-electron chi connectivity index (χ0n) is 13.6. The van der Waals surface area contributed by atoms with Gasteiger partial charge >= 0.3 is 0 Å². The van der Waals surface area contributed by atoms with E-state index >= 15 is 0 Å². The summed E-state index contributed by atoms with van der Waals surface area (Å²) >= 11 is 0.976. The van der Waals surface area contributed by atoms with Crippen molar-refractivity contribution >= 4 is 32.8 Å². The molecule has 3 heterocycles. The Kier molecular flexibility index (Phi) is 4.18. The molecule has 0 fully saturated rings. The number of fused-ring (bicyclic) bond motifs is 1. The Labute approximate surface area is 153 Å². The fourth-order valence-corrected chi connectivity index (χ4v) is 4.27. The molecule has 0 aliphatic rings. The van der Waals surface area contributed by atoms with Crippen molar-refractivity contribution in [2.45, 2.75) is 11.4 Å². The summed E-state index contributed by atoms with van der Waals surface area (Å²) in [5.41, 5.74) is 2.76. The van der Waals surface area contributed by atoms with E-state index in [1.807, 2.05) is 0 Å². The Bertz CT molecular complexity index is 1180. The Hall–Kier alpha value is -2.76. The van der Waals surface area contributed by atoms with Crippen molar-refractivity contribution in [2.24, 2.45) is 7.05 Å². The number of aromatic nitrogens is 6. The molecule has 0 radical (unpaired) electrons. The highest BCUT2D eigenvalue weighted by molar-refractivity contribution is 7.89. The van der Waals surface area contributed by atoms with Crippen molar-refractivity contribution in [3.63, 3.8) is 0 Å². The molecule has 4 aromatic rings. The highest BCUT2D eigenvalue weighted by Crippen LogP contribution is 2.22. The zero-order chi connectivity index (χ0) is 18.1. The number of sulfonamides is 1. The number of nitrogens with one attached hydrogen (secondary N) is 1. The van der Waals surface area contributed by atoms with Crippen molar-refractivity contribution in [2.75, 3.05) is 0 Å². The molecule has 1 aromatic carbocycles. The van der Waals surface area contributed by atoms with Crippen LogP contribution in [-0.4, -0.2) is 36.9 Å². The SMILES string of the molecule is Cn1cc(-c2nccnc2CNS(=O)(=O)c2cccc3nsnc23)cn1. The van der Waals surface area contributed by atoms with Gasteiger partial charge in [-0.2, -0.15) is 13.8 Å². The first kappa shape index (κ1) is 16.7. The van der Waals surface area contributed by atoms with Crippen LogP contribution in [0.3, 0.4) is 0 Å². The second-order valence-corrected chi connectivity index (χ2v) is 7.73. The predicted molar refractivity (Wildman–Crippen MR) is 95.7 cm³/mol. The molecule has 11 heteroatoms. The normalized spacial score (nSPS) is 11.9. The first-order valence-corrected chi connectivity index (χ1v) is 9.76. The minimum Gasteiger partial charge on any atom is -0.275 e. The van der Waals surface area contributed by atoms with Crippen LogP contribution in [0, 0.1) is 0 Å². The lowest BCUT2D eigenvalue weighted by Gasteiger charge is -2.09. The molecule has 3 aromatic heterocycles. The van der Waals surface area contributed by atoms with Crippen LogP contribution in [0.25, 0.3) is 22.3 Å². The van der Waals surface area contributed by atoms with E-state index in [1.54, 1.807) is 42.5 Å². The Morgan fingerprint density at radius 2 is 2.04 bits per heavy atom. The van der Waals surface area contributed by atoms with Gasteiger partial charge in [0.15, 0.2) is 0 Å². The minimum atomic E-state index is -3.78. The van der Waals surface area contributed by atoms with E-state index in [4.69, 9.17) is 0 Å². The van der Waals surface area contributed by atoms with E-state index in [9.17, 15) is 8.42 Å². The third-order valence-corrected chi connectivity index (χ3v) is 5.70. The first-order chi connectivity index (χ1) is 12.5. The van der Waals surface area contributed by atoms with Crippen LogP contribution in [0.2, 0.25) is 0 Å². The summed E-state index contributed by atoms with van der Waals surface area (Å²) in [5.74, 6) is 0. The smallest absolute Gasteiger partial charge is 0.243 e. The molecule has 9 nitrogen and oxygen atoms in total. The molecule has 4 rings (SSSR count). The maximum absolute atomic E-state index is 12.7. The molecule has 26 heavy (non-hydrogen) atoms. The van der Waals surface area contributed by atoms with Gasteiger partial charge in [-0.05, 0) is 12.1 Å². The molecule has 132 valence electrons. The molecular weight excluding hydrogens is 374 g/mol. The van der Waals surface area contributed by atoms with Crippen molar-refractivity contribution in [1.29, 1.82) is 0 Å². The van der Waals surface area contributed by atoms with E-state index < -0.39 is 10.0 Å². The Morgan fingerprint density at radius 3 is 2.85 bits per heavy atom. The van der Waals surface area contributed by atoms with E-state index in [0.717, 1.165) is 17.3 Å². The number of hydrogen-bond acceptors (Lipinski definition) is 8. The summed E-state index contributed by atoms with van der Waals surface area (Å²) in [6.45, 7) is -0.00560. The van der Waals surface area contributed by atoms with Crippen LogP contribution in [0.15, 0.2) is 47.9 Å². The van der Waals surface area contributed by atoms with Gasteiger partial charge in [-0.25, -0.2) is 13.1 Å². The summed E-state index contributed by atoms with van der Waals surface area (Å²) in [4.78, 5) is 8.66. The van der Waals surface area contributed by atoms with Gasteiger partial charge in [-0.3, -0.25) is 14.6 Å². The van der Waals surface area contributed by atoms with Crippen LogP contribution in [0.5, 0.6) is 0 Å². The first-order valence-electron chi connectivity index (χ1n) is 7.54. The molecule has 0 aliphatic heterocycles. The number of rotatable bonds is 5. The summed E-state index contributed by atoms with van der Waals surface area (Å²) in [6.07, 6.45) is 6.53. The van der Waals surface area contributed by atoms with Crippen LogP contribution >= 0.6 is 11.7 Å². The number of benzene rings is 1. The second-order valence-electron chi connectivity index (χ2n) is 5.47. The molecule has 0 atom stereocenters. The molecule has 0 spiro atoms. The van der Waals surface area contributed by atoms with Gasteiger partial charge in [0.1, 0.15) is 15.9 Å². The summed E-state index contributed by atoms with van der Waals surface area (Å²) in [7, 11) is -1.99. The maximum atomic E-state index is 12.7. The van der Waals surface area contributed by atoms with Crippen LogP contribution in [0.4, 0.5) is 0 Å². The lowest BCUT2D eigenvalue weighted by molar-refractivity contribution is 0.581. The predicted octanol–water partition coefficient (Wildman–Crippen LogP) is 1.36. The number of aryl methyl sites for hydroxylation is 1. The van der Waals surface area contributed by atoms with Crippen molar-refractivity contribution in [1.82, 2.24) is 33.2 Å². The largest absolute Gasteiger partial charge is 0.275 e. The number of nitrogens with zero attached hydrogens (tertiary/aromatic N) is 6. The van der Waals surface area contributed by atoms with Gasteiger partial charge in [0.2, 0.25) is 10.0 Å².